The molecule has 3 N–H and O–H groups in total. The lowest BCUT2D eigenvalue weighted by molar-refractivity contribution is 0.339. The summed E-state index contributed by atoms with van der Waals surface area (Å²) in [5.41, 5.74) is 3.85. The van der Waals surface area contributed by atoms with E-state index >= 15 is 0 Å². The van der Waals surface area contributed by atoms with Gasteiger partial charge in [-0.3, -0.25) is 11.3 Å². The van der Waals surface area contributed by atoms with Gasteiger partial charge in [-0.15, -0.1) is 11.8 Å². The van der Waals surface area contributed by atoms with Crippen molar-refractivity contribution in [2.45, 2.75) is 17.9 Å². The third-order valence-electron chi connectivity index (χ3n) is 2.99. The number of benzene rings is 2. The molecule has 2 rings (SSSR count). The van der Waals surface area contributed by atoms with E-state index in [1.54, 1.807) is 17.8 Å². The van der Waals surface area contributed by atoms with Crippen LogP contribution in [0, 0.1) is 5.82 Å². The van der Waals surface area contributed by atoms with E-state index in [1.165, 1.54) is 12.1 Å². The molecule has 0 fully saturated rings. The van der Waals surface area contributed by atoms with Crippen LogP contribution in [0.5, 0.6) is 5.75 Å². The molecule has 0 amide bonds. The fourth-order valence-corrected chi connectivity index (χ4v) is 2.98. The van der Waals surface area contributed by atoms with Crippen LogP contribution in [0.25, 0.3) is 0 Å². The fraction of sp³-hybridized carbons (Fsp3) is 0.250. The summed E-state index contributed by atoms with van der Waals surface area (Å²) >= 11 is 1.56. The average molecular weight is 306 g/mol. The summed E-state index contributed by atoms with van der Waals surface area (Å²) in [6.07, 6.45) is 0. The Morgan fingerprint density at radius 3 is 2.76 bits per heavy atom. The van der Waals surface area contributed by atoms with Crippen LogP contribution < -0.4 is 16.0 Å². The average Bonchev–Trinajstić information content (AvgIpc) is 2.49. The topological polar surface area (TPSA) is 47.3 Å². The third kappa shape index (κ3) is 4.74. The maximum absolute atomic E-state index is 13.2. The van der Waals surface area contributed by atoms with Crippen LogP contribution in [0.4, 0.5) is 4.39 Å². The van der Waals surface area contributed by atoms with E-state index in [1.807, 2.05) is 37.3 Å². The SMILES string of the molecule is CCOc1cccc(C(CSc2cccc(F)c2)NN)c1. The number of hydrogen-bond donors (Lipinski definition) is 2. The highest BCUT2D eigenvalue weighted by Gasteiger charge is 2.11. The maximum atomic E-state index is 13.2. The van der Waals surface area contributed by atoms with Crippen LogP contribution in [-0.2, 0) is 0 Å². The molecule has 21 heavy (non-hydrogen) atoms. The van der Waals surface area contributed by atoms with Crippen LogP contribution in [0.1, 0.15) is 18.5 Å². The molecule has 0 heterocycles. The number of nitrogens with one attached hydrogen (secondary N) is 1. The molecule has 0 saturated heterocycles. The van der Waals surface area contributed by atoms with E-state index in [2.05, 4.69) is 5.43 Å². The van der Waals surface area contributed by atoms with Gasteiger partial charge in [0, 0.05) is 10.6 Å². The first-order valence-corrected chi connectivity index (χ1v) is 7.78. The Hall–Kier alpha value is -1.56. The van der Waals surface area contributed by atoms with Crippen LogP contribution in [0.15, 0.2) is 53.4 Å². The summed E-state index contributed by atoms with van der Waals surface area (Å²) in [6, 6.07) is 14.4. The zero-order valence-electron chi connectivity index (χ0n) is 11.9. The van der Waals surface area contributed by atoms with Crippen molar-refractivity contribution in [2.24, 2.45) is 5.84 Å². The standard InChI is InChI=1S/C16H19FN2OS/c1-2-20-14-7-3-5-12(9-14)16(19-18)11-21-15-8-4-6-13(17)10-15/h3-10,16,19H,2,11,18H2,1H3. The Labute approximate surface area is 128 Å². The van der Waals surface area contributed by atoms with Gasteiger partial charge in [-0.2, -0.15) is 0 Å². The summed E-state index contributed by atoms with van der Waals surface area (Å²) in [6.45, 7) is 2.58. The lowest BCUT2D eigenvalue weighted by atomic mass is 10.1. The minimum Gasteiger partial charge on any atom is -0.494 e. The van der Waals surface area contributed by atoms with Gasteiger partial charge >= 0.3 is 0 Å². The predicted molar refractivity (Wildman–Crippen MR) is 84.8 cm³/mol. The minimum absolute atomic E-state index is 0.0290. The minimum atomic E-state index is -0.226. The molecular weight excluding hydrogens is 287 g/mol. The third-order valence-corrected chi connectivity index (χ3v) is 4.07. The van der Waals surface area contributed by atoms with Crippen molar-refractivity contribution in [3.8, 4) is 5.75 Å². The van der Waals surface area contributed by atoms with Gasteiger partial charge < -0.3 is 4.74 Å². The highest BCUT2D eigenvalue weighted by molar-refractivity contribution is 7.99. The molecule has 2 aromatic carbocycles. The molecule has 1 unspecified atom stereocenters. The van der Waals surface area contributed by atoms with Crippen LogP contribution in [-0.4, -0.2) is 12.4 Å². The van der Waals surface area contributed by atoms with Crippen LogP contribution in [0.3, 0.4) is 0 Å². The first-order valence-electron chi connectivity index (χ1n) is 6.80. The van der Waals surface area contributed by atoms with Gasteiger partial charge in [-0.05, 0) is 42.8 Å². The normalized spacial score (nSPS) is 12.1. The van der Waals surface area contributed by atoms with E-state index in [0.29, 0.717) is 12.4 Å². The van der Waals surface area contributed by atoms with E-state index in [-0.39, 0.29) is 11.9 Å². The lowest BCUT2D eigenvalue weighted by Gasteiger charge is -2.17. The predicted octanol–water partition coefficient (Wildman–Crippen LogP) is 3.52. The fourth-order valence-electron chi connectivity index (χ4n) is 1.96. The van der Waals surface area contributed by atoms with Gasteiger partial charge in [0.25, 0.3) is 0 Å². The Kier molecular flexibility index (Phi) is 6.04. The summed E-state index contributed by atoms with van der Waals surface area (Å²) in [5.74, 6) is 6.95. The Morgan fingerprint density at radius 1 is 1.24 bits per heavy atom. The second kappa shape index (κ2) is 8.02. The molecule has 2 aromatic rings. The zero-order valence-corrected chi connectivity index (χ0v) is 12.7. The Balaban J connectivity index is 2.04. The van der Waals surface area contributed by atoms with Crippen LogP contribution >= 0.6 is 11.8 Å². The molecule has 0 aliphatic heterocycles. The first-order chi connectivity index (χ1) is 10.2. The highest BCUT2D eigenvalue weighted by atomic mass is 32.2. The van der Waals surface area contributed by atoms with E-state index in [9.17, 15) is 4.39 Å². The van der Waals surface area contributed by atoms with Gasteiger partial charge in [0.1, 0.15) is 11.6 Å². The quantitative estimate of drug-likeness (QED) is 0.467. The second-order valence-electron chi connectivity index (χ2n) is 4.49. The van der Waals surface area contributed by atoms with Crippen LogP contribution in [0.2, 0.25) is 0 Å². The van der Waals surface area contributed by atoms with Gasteiger partial charge in [-0.25, -0.2) is 4.39 Å². The molecule has 0 aliphatic rings. The molecule has 0 aliphatic carbocycles. The van der Waals surface area contributed by atoms with E-state index < -0.39 is 0 Å². The molecule has 5 heteroatoms. The van der Waals surface area contributed by atoms with E-state index in [0.717, 1.165) is 16.2 Å². The molecule has 0 bridgehead atoms. The smallest absolute Gasteiger partial charge is 0.124 e. The molecule has 3 nitrogen and oxygen atoms in total. The number of hydrazine groups is 1. The number of thioether (sulfide) groups is 1. The van der Waals surface area contributed by atoms with Gasteiger partial charge in [0.05, 0.1) is 12.6 Å². The van der Waals surface area contributed by atoms with Gasteiger partial charge in [-0.1, -0.05) is 18.2 Å². The van der Waals surface area contributed by atoms with E-state index in [4.69, 9.17) is 10.6 Å². The summed E-state index contributed by atoms with van der Waals surface area (Å²) in [4.78, 5) is 0.885. The molecule has 0 aromatic heterocycles. The first kappa shape index (κ1) is 15.8. The number of halogens is 1. The Morgan fingerprint density at radius 2 is 2.05 bits per heavy atom. The van der Waals surface area contributed by atoms with Crippen molar-refractivity contribution in [3.63, 3.8) is 0 Å². The Bertz CT molecular complexity index is 580. The highest BCUT2D eigenvalue weighted by Crippen LogP contribution is 2.26. The summed E-state index contributed by atoms with van der Waals surface area (Å²) < 4.78 is 18.7. The molecule has 1 atom stereocenters. The van der Waals surface area contributed by atoms with Crippen molar-refractivity contribution in [3.05, 3.63) is 59.9 Å². The largest absolute Gasteiger partial charge is 0.494 e. The summed E-state index contributed by atoms with van der Waals surface area (Å²) in [7, 11) is 0. The van der Waals surface area contributed by atoms with Crippen molar-refractivity contribution in [2.75, 3.05) is 12.4 Å². The zero-order chi connectivity index (χ0) is 15.1. The molecular formula is C16H19FN2OS. The van der Waals surface area contributed by atoms with Gasteiger partial charge in [0.15, 0.2) is 0 Å². The molecule has 0 saturated carbocycles. The van der Waals surface area contributed by atoms with Crippen molar-refractivity contribution in [1.82, 2.24) is 5.43 Å². The van der Waals surface area contributed by atoms with Crippen molar-refractivity contribution < 1.29 is 9.13 Å². The summed E-state index contributed by atoms with van der Waals surface area (Å²) in [5, 5.41) is 0. The van der Waals surface area contributed by atoms with Gasteiger partial charge in [0.2, 0.25) is 0 Å². The van der Waals surface area contributed by atoms with Crippen molar-refractivity contribution in [1.29, 1.82) is 0 Å². The number of rotatable bonds is 7. The molecule has 112 valence electrons. The monoisotopic (exact) mass is 306 g/mol. The molecule has 0 radical (unpaired) electrons. The lowest BCUT2D eigenvalue weighted by Crippen LogP contribution is -2.29. The molecule has 0 spiro atoms. The number of ether oxygens (including phenoxy) is 1. The second-order valence-corrected chi connectivity index (χ2v) is 5.59. The number of hydrogen-bond acceptors (Lipinski definition) is 4. The number of nitrogens with two attached hydrogens (primary N) is 1. The van der Waals surface area contributed by atoms with Crippen molar-refractivity contribution >= 4 is 11.8 Å². The maximum Gasteiger partial charge on any atom is 0.124 e.